The fraction of sp³-hybridized carbons (Fsp3) is 0.250. The second-order valence-corrected chi connectivity index (χ2v) is 10.2. The molecule has 10 heteroatoms. The van der Waals surface area contributed by atoms with Crippen LogP contribution in [0.15, 0.2) is 47.4 Å². The average Bonchev–Trinajstić information content (AvgIpc) is 2.56. The molecule has 0 saturated carbocycles. The van der Waals surface area contributed by atoms with Crippen LogP contribution in [-0.2, 0) is 25.8 Å². The van der Waals surface area contributed by atoms with Crippen molar-refractivity contribution in [2.75, 3.05) is 7.05 Å². The molecular weight excluding hydrogens is 419 g/mol. The van der Waals surface area contributed by atoms with E-state index in [-0.39, 0.29) is 15.7 Å². The number of hydrogen-bond donors (Lipinski definition) is 1. The Bertz CT molecular complexity index is 1010. The first-order valence-corrected chi connectivity index (χ1v) is 11.4. The number of halogens is 2. The van der Waals surface area contributed by atoms with Crippen LogP contribution in [0.4, 0.5) is 0 Å². The summed E-state index contributed by atoms with van der Waals surface area (Å²) in [5.74, 6) is -0.236. The first-order valence-electron chi connectivity index (χ1n) is 7.44. The molecule has 0 spiro atoms. The van der Waals surface area contributed by atoms with Gasteiger partial charge in [-0.25, -0.2) is 22.0 Å². The molecule has 2 aromatic carbocycles. The molecule has 0 aromatic heterocycles. The minimum atomic E-state index is -3.80. The Morgan fingerprint density at radius 1 is 1.00 bits per heavy atom. The van der Waals surface area contributed by atoms with Crippen LogP contribution in [0, 0.1) is 0 Å². The van der Waals surface area contributed by atoms with E-state index in [9.17, 15) is 16.8 Å². The summed E-state index contributed by atoms with van der Waals surface area (Å²) in [6.07, 6.45) is 0. The molecule has 0 heterocycles. The molecule has 0 radical (unpaired) electrons. The van der Waals surface area contributed by atoms with Crippen LogP contribution < -0.4 is 5.14 Å². The van der Waals surface area contributed by atoms with Gasteiger partial charge in [0.05, 0.1) is 20.7 Å². The Morgan fingerprint density at radius 3 is 2.08 bits per heavy atom. The molecule has 6 nitrogen and oxygen atoms in total. The molecule has 0 aliphatic carbocycles. The van der Waals surface area contributed by atoms with Crippen LogP contribution in [0.2, 0.25) is 10.0 Å². The van der Waals surface area contributed by atoms with Gasteiger partial charge in [0.15, 0.2) is 0 Å². The van der Waals surface area contributed by atoms with Gasteiger partial charge in [-0.15, -0.1) is 0 Å². The van der Waals surface area contributed by atoms with Crippen LogP contribution in [0.5, 0.6) is 0 Å². The van der Waals surface area contributed by atoms with Crippen molar-refractivity contribution >= 4 is 43.2 Å². The molecule has 1 unspecified atom stereocenters. The van der Waals surface area contributed by atoms with E-state index in [4.69, 9.17) is 28.3 Å². The van der Waals surface area contributed by atoms with Gasteiger partial charge in [-0.2, -0.15) is 4.31 Å². The van der Waals surface area contributed by atoms with Gasteiger partial charge in [-0.1, -0.05) is 41.4 Å². The topological polar surface area (TPSA) is 97.5 Å². The van der Waals surface area contributed by atoms with E-state index in [1.165, 1.54) is 41.7 Å². The van der Waals surface area contributed by atoms with Gasteiger partial charge in [-0.05, 0) is 42.3 Å². The third kappa shape index (κ3) is 4.97. The van der Waals surface area contributed by atoms with Crippen LogP contribution in [0.3, 0.4) is 0 Å². The fourth-order valence-corrected chi connectivity index (χ4v) is 4.57. The summed E-state index contributed by atoms with van der Waals surface area (Å²) >= 11 is 11.8. The van der Waals surface area contributed by atoms with Gasteiger partial charge < -0.3 is 0 Å². The molecule has 0 bridgehead atoms. The number of nitrogens with zero attached hydrogens (tertiary/aromatic N) is 1. The number of hydrogen-bond acceptors (Lipinski definition) is 4. The Hall–Kier alpha value is -1.16. The largest absolute Gasteiger partial charge is 0.238 e. The summed E-state index contributed by atoms with van der Waals surface area (Å²) in [6.45, 7) is 1.71. The highest BCUT2D eigenvalue weighted by Gasteiger charge is 2.25. The smallest absolute Gasteiger partial charge is 0.225 e. The van der Waals surface area contributed by atoms with Crippen molar-refractivity contribution in [1.82, 2.24) is 4.31 Å². The number of primary sulfonamides is 1. The summed E-state index contributed by atoms with van der Waals surface area (Å²) in [4.78, 5) is -0.0326. The highest BCUT2D eigenvalue weighted by Crippen LogP contribution is 2.27. The molecule has 142 valence electrons. The molecule has 0 saturated heterocycles. The molecule has 0 aliphatic rings. The van der Waals surface area contributed by atoms with Gasteiger partial charge in [0, 0.05) is 13.1 Å². The Kier molecular flexibility index (Phi) is 6.37. The maximum atomic E-state index is 12.7. The Morgan fingerprint density at radius 2 is 1.58 bits per heavy atom. The standard InChI is InChI=1S/C16H18Cl2N2O4S2/c1-11(13-4-6-14(7-5-13)26(19,23)24)20(2)25(21,22)10-12-3-8-15(17)16(18)9-12/h3-9,11H,10H2,1-2H3,(H2,19,23,24). The van der Waals surface area contributed by atoms with E-state index >= 15 is 0 Å². The van der Waals surface area contributed by atoms with Crippen molar-refractivity contribution in [1.29, 1.82) is 0 Å². The van der Waals surface area contributed by atoms with E-state index in [1.807, 2.05) is 0 Å². The fourth-order valence-electron chi connectivity index (χ4n) is 2.33. The summed E-state index contributed by atoms with van der Waals surface area (Å²) in [5.41, 5.74) is 1.15. The lowest BCUT2D eigenvalue weighted by atomic mass is 10.1. The first kappa shape index (κ1) is 21.1. The van der Waals surface area contributed by atoms with Gasteiger partial charge in [-0.3, -0.25) is 0 Å². The minimum absolute atomic E-state index is 0.0326. The quantitative estimate of drug-likeness (QED) is 0.751. The zero-order valence-electron chi connectivity index (χ0n) is 14.1. The van der Waals surface area contributed by atoms with E-state index < -0.39 is 26.1 Å². The van der Waals surface area contributed by atoms with Gasteiger partial charge >= 0.3 is 0 Å². The van der Waals surface area contributed by atoms with Crippen LogP contribution in [0.25, 0.3) is 0 Å². The highest BCUT2D eigenvalue weighted by molar-refractivity contribution is 7.89. The third-order valence-electron chi connectivity index (χ3n) is 4.01. The zero-order chi connectivity index (χ0) is 19.7. The maximum absolute atomic E-state index is 12.7. The van der Waals surface area contributed by atoms with Gasteiger partial charge in [0.2, 0.25) is 20.0 Å². The van der Waals surface area contributed by atoms with E-state index in [0.29, 0.717) is 16.1 Å². The van der Waals surface area contributed by atoms with Crippen molar-refractivity contribution < 1.29 is 16.8 Å². The lowest BCUT2D eigenvalue weighted by Gasteiger charge is -2.25. The lowest BCUT2D eigenvalue weighted by Crippen LogP contribution is -2.31. The molecule has 1 atom stereocenters. The van der Waals surface area contributed by atoms with Crippen LogP contribution in [-0.4, -0.2) is 28.2 Å². The summed E-state index contributed by atoms with van der Waals surface area (Å²) in [5, 5.41) is 5.70. The second kappa shape index (κ2) is 7.84. The van der Waals surface area contributed by atoms with Gasteiger partial charge in [0.25, 0.3) is 0 Å². The van der Waals surface area contributed by atoms with E-state index in [0.717, 1.165) is 0 Å². The molecule has 0 fully saturated rings. The Labute approximate surface area is 163 Å². The maximum Gasteiger partial charge on any atom is 0.238 e. The SMILES string of the molecule is CC(c1ccc(S(N)(=O)=O)cc1)N(C)S(=O)(=O)Cc1ccc(Cl)c(Cl)c1. The average molecular weight is 437 g/mol. The molecule has 0 amide bonds. The predicted molar refractivity (Wildman–Crippen MR) is 103 cm³/mol. The predicted octanol–water partition coefficient (Wildman–Crippen LogP) is 3.16. The molecule has 0 aliphatic heterocycles. The van der Waals surface area contributed by atoms with Crippen LogP contribution >= 0.6 is 23.2 Å². The second-order valence-electron chi connectivity index (χ2n) is 5.81. The normalized spacial score (nSPS) is 13.8. The number of sulfonamides is 2. The van der Waals surface area contributed by atoms with Crippen molar-refractivity contribution in [2.24, 2.45) is 5.14 Å². The van der Waals surface area contributed by atoms with Crippen molar-refractivity contribution in [3.8, 4) is 0 Å². The Balaban J connectivity index is 2.22. The highest BCUT2D eigenvalue weighted by atomic mass is 35.5. The number of rotatable bonds is 6. The van der Waals surface area contributed by atoms with Crippen LogP contribution in [0.1, 0.15) is 24.1 Å². The molecule has 26 heavy (non-hydrogen) atoms. The lowest BCUT2D eigenvalue weighted by molar-refractivity contribution is 0.397. The molecule has 2 rings (SSSR count). The minimum Gasteiger partial charge on any atom is -0.225 e. The summed E-state index contributed by atoms with van der Waals surface area (Å²) in [7, 11) is -5.97. The molecule has 2 N–H and O–H groups in total. The number of benzene rings is 2. The summed E-state index contributed by atoms with van der Waals surface area (Å²) in [6, 6.07) is 9.93. The van der Waals surface area contributed by atoms with Gasteiger partial charge in [0.1, 0.15) is 0 Å². The summed E-state index contributed by atoms with van der Waals surface area (Å²) < 4.78 is 49.2. The first-order chi connectivity index (χ1) is 11.9. The van der Waals surface area contributed by atoms with E-state index in [1.54, 1.807) is 19.1 Å². The monoisotopic (exact) mass is 436 g/mol. The van der Waals surface area contributed by atoms with Crippen molar-refractivity contribution in [2.45, 2.75) is 23.6 Å². The van der Waals surface area contributed by atoms with Crippen molar-refractivity contribution in [3.63, 3.8) is 0 Å². The van der Waals surface area contributed by atoms with E-state index in [2.05, 4.69) is 0 Å². The molecule has 2 aromatic rings. The molecular formula is C16H18Cl2N2O4S2. The third-order valence-corrected chi connectivity index (χ3v) is 7.57. The number of nitrogens with two attached hydrogens (primary N) is 1. The zero-order valence-corrected chi connectivity index (χ0v) is 17.2. The van der Waals surface area contributed by atoms with Crippen molar-refractivity contribution in [3.05, 3.63) is 63.6 Å².